The first-order valence-electron chi connectivity index (χ1n) is 8.58. The van der Waals surface area contributed by atoms with E-state index in [0.717, 1.165) is 24.0 Å². The fourth-order valence-electron chi connectivity index (χ4n) is 2.67. The highest BCUT2D eigenvalue weighted by Crippen LogP contribution is 2.21. The van der Waals surface area contributed by atoms with Gasteiger partial charge in [0.25, 0.3) is 11.8 Å². The highest BCUT2D eigenvalue weighted by molar-refractivity contribution is 5.97. The summed E-state index contributed by atoms with van der Waals surface area (Å²) in [5, 5.41) is 20.7. The average molecular weight is 356 g/mol. The SMILES string of the molecule is CCCc1ccc(-c2ccc(C(=O)N[C@H](C(=O)NO)[C@H](C)O)cc2)cc1. The largest absolute Gasteiger partial charge is 0.391 e. The number of benzene rings is 2. The van der Waals surface area contributed by atoms with Gasteiger partial charge in [-0.2, -0.15) is 0 Å². The zero-order valence-electron chi connectivity index (χ0n) is 14.9. The lowest BCUT2D eigenvalue weighted by atomic mass is 10.0. The van der Waals surface area contributed by atoms with E-state index < -0.39 is 24.0 Å². The summed E-state index contributed by atoms with van der Waals surface area (Å²) in [6.45, 7) is 3.50. The summed E-state index contributed by atoms with van der Waals surface area (Å²) in [6, 6.07) is 14.0. The number of hydrogen-bond donors (Lipinski definition) is 4. The monoisotopic (exact) mass is 356 g/mol. The van der Waals surface area contributed by atoms with Crippen molar-refractivity contribution in [2.24, 2.45) is 0 Å². The van der Waals surface area contributed by atoms with Gasteiger partial charge in [-0.1, -0.05) is 49.7 Å². The molecule has 2 rings (SSSR count). The number of hydrogen-bond acceptors (Lipinski definition) is 4. The molecule has 0 aliphatic rings. The van der Waals surface area contributed by atoms with E-state index in [-0.39, 0.29) is 0 Å². The Bertz CT molecular complexity index is 739. The molecule has 0 aromatic heterocycles. The smallest absolute Gasteiger partial charge is 0.268 e. The van der Waals surface area contributed by atoms with Crippen molar-refractivity contribution in [3.05, 3.63) is 59.7 Å². The molecule has 0 spiro atoms. The normalized spacial score (nSPS) is 12.9. The van der Waals surface area contributed by atoms with Crippen molar-refractivity contribution in [3.8, 4) is 11.1 Å². The fraction of sp³-hybridized carbons (Fsp3) is 0.300. The number of aliphatic hydroxyl groups is 1. The third-order valence-corrected chi connectivity index (χ3v) is 4.13. The van der Waals surface area contributed by atoms with Gasteiger partial charge in [0.05, 0.1) is 6.10 Å². The number of nitrogens with one attached hydrogen (secondary N) is 2. The molecule has 0 saturated carbocycles. The van der Waals surface area contributed by atoms with Crippen molar-refractivity contribution in [1.82, 2.24) is 10.8 Å². The lowest BCUT2D eigenvalue weighted by Gasteiger charge is -2.19. The van der Waals surface area contributed by atoms with Crippen LogP contribution >= 0.6 is 0 Å². The zero-order chi connectivity index (χ0) is 19.1. The molecule has 0 aliphatic carbocycles. The maximum Gasteiger partial charge on any atom is 0.268 e. The predicted octanol–water partition coefficient (Wildman–Crippen LogP) is 2.29. The molecule has 2 atom stereocenters. The van der Waals surface area contributed by atoms with E-state index in [1.807, 2.05) is 12.1 Å². The van der Waals surface area contributed by atoms with Crippen molar-refractivity contribution in [2.75, 3.05) is 0 Å². The highest BCUT2D eigenvalue weighted by atomic mass is 16.5. The summed E-state index contributed by atoms with van der Waals surface area (Å²) in [6.07, 6.45) is 1.00. The molecule has 0 radical (unpaired) electrons. The van der Waals surface area contributed by atoms with Crippen molar-refractivity contribution >= 4 is 11.8 Å². The van der Waals surface area contributed by atoms with Gasteiger partial charge in [-0.05, 0) is 42.2 Å². The van der Waals surface area contributed by atoms with Crippen LogP contribution in [0.15, 0.2) is 48.5 Å². The lowest BCUT2D eigenvalue weighted by Crippen LogP contribution is -2.51. The van der Waals surface area contributed by atoms with E-state index in [1.165, 1.54) is 18.0 Å². The Morgan fingerprint density at radius 2 is 1.54 bits per heavy atom. The number of carbonyl (C=O) groups excluding carboxylic acids is 2. The van der Waals surface area contributed by atoms with Crippen LogP contribution in [0.25, 0.3) is 11.1 Å². The molecule has 2 aromatic carbocycles. The molecule has 2 aromatic rings. The number of hydroxylamine groups is 1. The van der Waals surface area contributed by atoms with E-state index >= 15 is 0 Å². The average Bonchev–Trinajstić information content (AvgIpc) is 2.66. The van der Waals surface area contributed by atoms with Gasteiger partial charge >= 0.3 is 0 Å². The van der Waals surface area contributed by atoms with Gasteiger partial charge in [0.15, 0.2) is 0 Å². The molecular weight excluding hydrogens is 332 g/mol. The standard InChI is InChI=1S/C20H24N2O4/c1-3-4-14-5-7-15(8-6-14)16-9-11-17(12-10-16)19(24)21-18(13(2)23)20(25)22-26/h5-13,18,23,26H,3-4H2,1-2H3,(H,21,24)(H,22,25)/t13-,18-/m0/s1. The van der Waals surface area contributed by atoms with Gasteiger partial charge in [-0.15, -0.1) is 0 Å². The number of rotatable bonds is 7. The quantitative estimate of drug-likeness (QED) is 0.452. The van der Waals surface area contributed by atoms with Crippen molar-refractivity contribution in [2.45, 2.75) is 38.8 Å². The van der Waals surface area contributed by atoms with Crippen LogP contribution in [0.4, 0.5) is 0 Å². The summed E-state index contributed by atoms with van der Waals surface area (Å²) in [7, 11) is 0. The van der Waals surface area contributed by atoms with Crippen LogP contribution < -0.4 is 10.8 Å². The Labute approximate surface area is 152 Å². The Balaban J connectivity index is 2.10. The van der Waals surface area contributed by atoms with Gasteiger partial charge in [0, 0.05) is 5.56 Å². The van der Waals surface area contributed by atoms with Crippen LogP contribution in [0.3, 0.4) is 0 Å². The second kappa shape index (κ2) is 9.12. The third-order valence-electron chi connectivity index (χ3n) is 4.13. The first kappa shape index (κ1) is 19.6. The third kappa shape index (κ3) is 4.91. The molecule has 138 valence electrons. The molecular formula is C20H24N2O4. The first-order valence-corrected chi connectivity index (χ1v) is 8.58. The molecule has 2 amide bonds. The van der Waals surface area contributed by atoms with Crippen LogP contribution in [0.1, 0.15) is 36.2 Å². The van der Waals surface area contributed by atoms with Crippen LogP contribution in [-0.2, 0) is 11.2 Å². The molecule has 0 aliphatic heterocycles. The maximum absolute atomic E-state index is 12.3. The van der Waals surface area contributed by atoms with Crippen LogP contribution in [0.5, 0.6) is 0 Å². The number of aliphatic hydroxyl groups excluding tert-OH is 1. The number of amides is 2. The minimum atomic E-state index is -1.24. The van der Waals surface area contributed by atoms with E-state index in [4.69, 9.17) is 5.21 Å². The van der Waals surface area contributed by atoms with E-state index in [1.54, 1.807) is 12.1 Å². The van der Waals surface area contributed by atoms with Gasteiger partial charge in [-0.3, -0.25) is 14.8 Å². The lowest BCUT2D eigenvalue weighted by molar-refractivity contribution is -0.133. The Morgan fingerprint density at radius 3 is 2.00 bits per heavy atom. The molecule has 4 N–H and O–H groups in total. The molecule has 6 nitrogen and oxygen atoms in total. The Kier molecular flexibility index (Phi) is 6.89. The molecule has 26 heavy (non-hydrogen) atoms. The second-order valence-electron chi connectivity index (χ2n) is 6.19. The van der Waals surface area contributed by atoms with E-state index in [0.29, 0.717) is 5.56 Å². The topological polar surface area (TPSA) is 98.7 Å². The van der Waals surface area contributed by atoms with Gasteiger partial charge in [-0.25, -0.2) is 5.48 Å². The summed E-state index contributed by atoms with van der Waals surface area (Å²) < 4.78 is 0. The first-order chi connectivity index (χ1) is 12.5. The van der Waals surface area contributed by atoms with Gasteiger partial charge in [0.1, 0.15) is 6.04 Å². The van der Waals surface area contributed by atoms with Gasteiger partial charge < -0.3 is 10.4 Å². The van der Waals surface area contributed by atoms with Crippen LogP contribution in [0.2, 0.25) is 0 Å². The predicted molar refractivity (Wildman–Crippen MR) is 98.7 cm³/mol. The second-order valence-corrected chi connectivity index (χ2v) is 6.19. The summed E-state index contributed by atoms with van der Waals surface area (Å²) >= 11 is 0. The molecule has 0 saturated heterocycles. The number of aryl methyl sites for hydroxylation is 1. The molecule has 0 unspecified atom stereocenters. The van der Waals surface area contributed by atoms with Crippen LogP contribution in [0, 0.1) is 0 Å². The fourth-order valence-corrected chi connectivity index (χ4v) is 2.67. The van der Waals surface area contributed by atoms with Crippen molar-refractivity contribution in [3.63, 3.8) is 0 Å². The summed E-state index contributed by atoms with van der Waals surface area (Å²) in [5.74, 6) is -1.39. The Morgan fingerprint density at radius 1 is 1.00 bits per heavy atom. The van der Waals surface area contributed by atoms with E-state index in [2.05, 4.69) is 36.5 Å². The Hall–Kier alpha value is -2.70. The van der Waals surface area contributed by atoms with Crippen LogP contribution in [-0.4, -0.2) is 34.3 Å². The maximum atomic E-state index is 12.3. The highest BCUT2D eigenvalue weighted by Gasteiger charge is 2.25. The molecule has 0 bridgehead atoms. The van der Waals surface area contributed by atoms with Gasteiger partial charge in [0.2, 0.25) is 0 Å². The summed E-state index contributed by atoms with van der Waals surface area (Å²) in [4.78, 5) is 23.8. The van der Waals surface area contributed by atoms with E-state index in [9.17, 15) is 14.7 Å². The minimum absolute atomic E-state index is 0.354. The number of carbonyl (C=O) groups is 2. The molecule has 0 fully saturated rings. The molecule has 0 heterocycles. The zero-order valence-corrected chi connectivity index (χ0v) is 14.9. The summed E-state index contributed by atoms with van der Waals surface area (Å²) in [5.41, 5.74) is 5.11. The van der Waals surface area contributed by atoms with Crippen molar-refractivity contribution < 1.29 is 19.9 Å². The molecule has 6 heteroatoms. The van der Waals surface area contributed by atoms with Crippen molar-refractivity contribution in [1.29, 1.82) is 0 Å². The minimum Gasteiger partial charge on any atom is -0.391 e.